The highest BCUT2D eigenvalue weighted by Gasteiger charge is 2.26. The number of aromatic nitrogens is 1. The van der Waals surface area contributed by atoms with Crippen LogP contribution in [0, 0.1) is 11.7 Å². The Morgan fingerprint density at radius 3 is 3.12 bits per heavy atom. The van der Waals surface area contributed by atoms with Crippen molar-refractivity contribution in [3.63, 3.8) is 0 Å². The van der Waals surface area contributed by atoms with Crippen molar-refractivity contribution in [3.8, 4) is 11.6 Å². The van der Waals surface area contributed by atoms with Gasteiger partial charge in [0.05, 0.1) is 12.5 Å². The van der Waals surface area contributed by atoms with Crippen LogP contribution in [0.5, 0.6) is 11.6 Å². The number of amides is 1. The average Bonchev–Trinajstić information content (AvgIpc) is 2.59. The van der Waals surface area contributed by atoms with Gasteiger partial charge < -0.3 is 19.9 Å². The second-order valence-electron chi connectivity index (χ2n) is 5.41. The van der Waals surface area contributed by atoms with Crippen molar-refractivity contribution in [2.24, 2.45) is 5.92 Å². The molecule has 7 heteroatoms. The van der Waals surface area contributed by atoms with Crippen LogP contribution in [-0.2, 0) is 11.2 Å². The smallest absolute Gasteiger partial charge is 0.231 e. The van der Waals surface area contributed by atoms with Gasteiger partial charge in [0.2, 0.25) is 11.8 Å². The van der Waals surface area contributed by atoms with Crippen molar-refractivity contribution in [2.75, 3.05) is 25.1 Å². The number of nitrogens with zero attached hydrogens (tertiary/aromatic N) is 1. The lowest BCUT2D eigenvalue weighted by molar-refractivity contribution is -0.121. The van der Waals surface area contributed by atoms with Gasteiger partial charge in [-0.15, -0.1) is 0 Å². The molecule has 2 heterocycles. The molecule has 1 aliphatic rings. The number of nitrogens with one attached hydrogen (secondary N) is 1. The van der Waals surface area contributed by atoms with Crippen molar-refractivity contribution in [3.05, 3.63) is 47.9 Å². The number of rotatable bonds is 5. The minimum absolute atomic E-state index is 0.117. The van der Waals surface area contributed by atoms with E-state index in [4.69, 9.17) is 14.6 Å². The van der Waals surface area contributed by atoms with E-state index in [0.717, 1.165) is 0 Å². The fourth-order valence-electron chi connectivity index (χ4n) is 2.49. The van der Waals surface area contributed by atoms with Crippen molar-refractivity contribution in [2.45, 2.75) is 6.42 Å². The van der Waals surface area contributed by atoms with Crippen LogP contribution in [0.25, 0.3) is 0 Å². The lowest BCUT2D eigenvalue weighted by Gasteiger charge is -2.24. The maximum absolute atomic E-state index is 13.3. The molecule has 1 atom stereocenters. The predicted octanol–water partition coefficient (Wildman–Crippen LogP) is 1.78. The maximum atomic E-state index is 13.3. The lowest BCUT2D eigenvalue weighted by atomic mass is 9.96. The van der Waals surface area contributed by atoms with Gasteiger partial charge in [-0.1, -0.05) is 0 Å². The topological polar surface area (TPSA) is 80.7 Å². The van der Waals surface area contributed by atoms with Gasteiger partial charge in [0.15, 0.2) is 0 Å². The van der Waals surface area contributed by atoms with E-state index in [1.54, 1.807) is 18.2 Å². The molecule has 0 bridgehead atoms. The van der Waals surface area contributed by atoms with Gasteiger partial charge in [-0.3, -0.25) is 4.79 Å². The second kappa shape index (κ2) is 7.27. The molecule has 0 radical (unpaired) electrons. The van der Waals surface area contributed by atoms with Crippen LogP contribution >= 0.6 is 0 Å². The van der Waals surface area contributed by atoms with Gasteiger partial charge >= 0.3 is 0 Å². The minimum Gasteiger partial charge on any atom is -0.492 e. The predicted molar refractivity (Wildman–Crippen MR) is 84.5 cm³/mol. The highest BCUT2D eigenvalue weighted by atomic mass is 19.1. The molecule has 6 nitrogen and oxygen atoms in total. The molecule has 1 aromatic carbocycles. The summed E-state index contributed by atoms with van der Waals surface area (Å²) in [6.07, 6.45) is 1.92. The number of ether oxygens (including phenoxy) is 2. The molecule has 0 fully saturated rings. The van der Waals surface area contributed by atoms with Crippen LogP contribution in [0.4, 0.5) is 10.1 Å². The van der Waals surface area contributed by atoms with Crippen LogP contribution in [0.1, 0.15) is 5.56 Å². The van der Waals surface area contributed by atoms with E-state index >= 15 is 0 Å². The van der Waals surface area contributed by atoms with Crippen LogP contribution < -0.4 is 14.8 Å². The number of aliphatic hydroxyl groups is 1. The zero-order chi connectivity index (χ0) is 16.9. The Hall–Kier alpha value is -2.67. The molecular formula is C17H17FN2O4. The SMILES string of the molecule is O=C(Nc1ccnc(OCCO)c1)C1COc2ccc(F)cc2C1. The number of fused-ring (bicyclic) bond motifs is 1. The number of pyridine rings is 1. The number of halogens is 1. The molecule has 2 aromatic rings. The van der Waals surface area contributed by atoms with Gasteiger partial charge in [-0.05, 0) is 36.2 Å². The van der Waals surface area contributed by atoms with Crippen LogP contribution in [0.3, 0.4) is 0 Å². The molecule has 1 unspecified atom stereocenters. The van der Waals surface area contributed by atoms with E-state index < -0.39 is 5.92 Å². The maximum Gasteiger partial charge on any atom is 0.231 e. The Labute approximate surface area is 138 Å². The van der Waals surface area contributed by atoms with Crippen LogP contribution in [0.2, 0.25) is 0 Å². The summed E-state index contributed by atoms with van der Waals surface area (Å²) in [5.41, 5.74) is 1.22. The largest absolute Gasteiger partial charge is 0.492 e. The lowest BCUT2D eigenvalue weighted by Crippen LogP contribution is -2.32. The molecule has 2 N–H and O–H groups in total. The second-order valence-corrected chi connectivity index (χ2v) is 5.41. The van der Waals surface area contributed by atoms with Gasteiger partial charge in [-0.25, -0.2) is 9.37 Å². The van der Waals surface area contributed by atoms with Gasteiger partial charge in [0, 0.05) is 18.0 Å². The Bertz CT molecular complexity index is 738. The van der Waals surface area contributed by atoms with Crippen molar-refractivity contribution in [1.29, 1.82) is 0 Å². The number of carbonyl (C=O) groups is 1. The number of hydrogen-bond acceptors (Lipinski definition) is 5. The fourth-order valence-corrected chi connectivity index (χ4v) is 2.49. The highest BCUT2D eigenvalue weighted by molar-refractivity contribution is 5.93. The Morgan fingerprint density at radius 1 is 1.42 bits per heavy atom. The summed E-state index contributed by atoms with van der Waals surface area (Å²) in [4.78, 5) is 16.4. The van der Waals surface area contributed by atoms with Gasteiger partial charge in [0.1, 0.15) is 24.8 Å². The molecule has 1 aliphatic heterocycles. The van der Waals surface area contributed by atoms with Crippen LogP contribution in [-0.4, -0.2) is 35.8 Å². The Balaban J connectivity index is 1.65. The molecule has 1 aromatic heterocycles. The normalized spacial score (nSPS) is 16.0. The first-order valence-electron chi connectivity index (χ1n) is 7.57. The first kappa shape index (κ1) is 16.2. The summed E-state index contributed by atoms with van der Waals surface area (Å²) < 4.78 is 24.1. The van der Waals surface area contributed by atoms with E-state index in [1.165, 1.54) is 18.3 Å². The monoisotopic (exact) mass is 332 g/mol. The third-order valence-corrected chi connectivity index (χ3v) is 3.64. The zero-order valence-electron chi connectivity index (χ0n) is 12.9. The van der Waals surface area contributed by atoms with Crippen molar-refractivity contribution >= 4 is 11.6 Å². The van der Waals surface area contributed by atoms with E-state index in [9.17, 15) is 9.18 Å². The number of benzene rings is 1. The van der Waals surface area contributed by atoms with Crippen molar-refractivity contribution < 1.29 is 23.8 Å². The standard InChI is InChI=1S/C17H17FN2O4/c18-13-1-2-15-11(8-13)7-12(10-24-15)17(22)20-14-3-4-19-16(9-14)23-6-5-21/h1-4,8-9,12,21H,5-7,10H2,(H,19,20,22). The first-order chi connectivity index (χ1) is 11.7. The van der Waals surface area contributed by atoms with Gasteiger partial charge in [0.25, 0.3) is 0 Å². The molecule has 0 aliphatic carbocycles. The number of aliphatic hydroxyl groups excluding tert-OH is 1. The van der Waals surface area contributed by atoms with E-state index in [-0.39, 0.29) is 31.5 Å². The number of hydrogen-bond donors (Lipinski definition) is 2. The first-order valence-corrected chi connectivity index (χ1v) is 7.57. The van der Waals surface area contributed by atoms with Crippen molar-refractivity contribution in [1.82, 2.24) is 4.98 Å². The van der Waals surface area contributed by atoms with E-state index in [1.807, 2.05) is 0 Å². The molecule has 1 amide bonds. The molecule has 0 saturated carbocycles. The zero-order valence-corrected chi connectivity index (χ0v) is 12.9. The summed E-state index contributed by atoms with van der Waals surface area (Å²) >= 11 is 0. The summed E-state index contributed by atoms with van der Waals surface area (Å²) in [6, 6.07) is 7.52. The number of anilines is 1. The highest BCUT2D eigenvalue weighted by Crippen LogP contribution is 2.28. The van der Waals surface area contributed by atoms with Gasteiger partial charge in [-0.2, -0.15) is 0 Å². The number of carbonyl (C=O) groups excluding carboxylic acids is 1. The summed E-state index contributed by atoms with van der Waals surface area (Å²) in [6.45, 7) is 0.250. The summed E-state index contributed by atoms with van der Waals surface area (Å²) in [5.74, 6) is -0.0464. The summed E-state index contributed by atoms with van der Waals surface area (Å²) in [5, 5.41) is 11.5. The Kier molecular flexibility index (Phi) is 4.90. The molecule has 24 heavy (non-hydrogen) atoms. The molecule has 0 saturated heterocycles. The minimum atomic E-state index is -0.408. The molecule has 126 valence electrons. The van der Waals surface area contributed by atoms with E-state index in [0.29, 0.717) is 29.3 Å². The average molecular weight is 332 g/mol. The third-order valence-electron chi connectivity index (χ3n) is 3.64. The van der Waals surface area contributed by atoms with Crippen LogP contribution in [0.15, 0.2) is 36.5 Å². The summed E-state index contributed by atoms with van der Waals surface area (Å²) in [7, 11) is 0. The quantitative estimate of drug-likeness (QED) is 0.872. The third kappa shape index (κ3) is 3.80. The van der Waals surface area contributed by atoms with E-state index in [2.05, 4.69) is 10.3 Å². The Morgan fingerprint density at radius 2 is 2.29 bits per heavy atom. The molecule has 0 spiro atoms. The molecule has 3 rings (SSSR count). The fraction of sp³-hybridized carbons (Fsp3) is 0.294. The molecular weight excluding hydrogens is 315 g/mol.